The van der Waals surface area contributed by atoms with Crippen LogP contribution in [0, 0.1) is 6.92 Å². The van der Waals surface area contributed by atoms with Gasteiger partial charge < -0.3 is 9.52 Å². The van der Waals surface area contributed by atoms with E-state index in [2.05, 4.69) is 15.3 Å². The van der Waals surface area contributed by atoms with Gasteiger partial charge in [0.05, 0.1) is 17.5 Å². The van der Waals surface area contributed by atoms with Crippen molar-refractivity contribution in [2.75, 3.05) is 5.75 Å². The van der Waals surface area contributed by atoms with Crippen LogP contribution in [0.3, 0.4) is 0 Å². The molecule has 1 N–H and O–H groups in total. The lowest BCUT2D eigenvalue weighted by Gasteiger charge is -2.13. The summed E-state index contributed by atoms with van der Waals surface area (Å²) in [6.07, 6.45) is 1.63. The molecule has 0 bridgehead atoms. The highest BCUT2D eigenvalue weighted by Crippen LogP contribution is 2.30. The standard InChI is InChI=1S/C15H12N4O2S/c1-9-12(6-7-21-9)14-16-17-15-19(14)18-13(8-22-15)10-2-4-11(20)5-3-10/h2-7,20H,8H2,1H3. The second-order valence-corrected chi connectivity index (χ2v) is 5.83. The fraction of sp³-hybridized carbons (Fsp3) is 0.133. The summed E-state index contributed by atoms with van der Waals surface area (Å²) in [5.74, 6) is 2.41. The maximum Gasteiger partial charge on any atom is 0.212 e. The van der Waals surface area contributed by atoms with Crippen LogP contribution in [0.4, 0.5) is 0 Å². The molecule has 0 unspecified atom stereocenters. The van der Waals surface area contributed by atoms with Gasteiger partial charge in [0.1, 0.15) is 11.5 Å². The van der Waals surface area contributed by atoms with E-state index >= 15 is 0 Å². The number of nitrogens with zero attached hydrogens (tertiary/aromatic N) is 4. The molecular weight excluding hydrogens is 300 g/mol. The van der Waals surface area contributed by atoms with Crippen molar-refractivity contribution in [3.8, 4) is 17.1 Å². The van der Waals surface area contributed by atoms with Crippen LogP contribution >= 0.6 is 11.8 Å². The van der Waals surface area contributed by atoms with Gasteiger partial charge in [-0.05, 0) is 42.8 Å². The van der Waals surface area contributed by atoms with Crippen LogP contribution in [0.1, 0.15) is 11.3 Å². The number of hydrogen-bond donors (Lipinski definition) is 1. The van der Waals surface area contributed by atoms with Crippen molar-refractivity contribution in [1.82, 2.24) is 14.9 Å². The normalized spacial score (nSPS) is 13.8. The van der Waals surface area contributed by atoms with Gasteiger partial charge in [0.2, 0.25) is 5.16 Å². The van der Waals surface area contributed by atoms with Gasteiger partial charge in [-0.3, -0.25) is 0 Å². The monoisotopic (exact) mass is 312 g/mol. The lowest BCUT2D eigenvalue weighted by molar-refractivity contribution is 0.475. The van der Waals surface area contributed by atoms with Crippen LogP contribution in [-0.2, 0) is 0 Å². The summed E-state index contributed by atoms with van der Waals surface area (Å²) in [5, 5.41) is 23.2. The maximum absolute atomic E-state index is 9.40. The number of aromatic hydroxyl groups is 1. The molecule has 0 radical (unpaired) electrons. The van der Waals surface area contributed by atoms with Crippen LogP contribution in [-0.4, -0.2) is 31.4 Å². The molecule has 4 rings (SSSR count). The SMILES string of the molecule is Cc1occc1-c1nnc2n1N=C(c1ccc(O)cc1)CS2. The first-order chi connectivity index (χ1) is 10.7. The molecule has 0 atom stereocenters. The quantitative estimate of drug-likeness (QED) is 0.787. The van der Waals surface area contributed by atoms with E-state index < -0.39 is 0 Å². The molecule has 2 aromatic heterocycles. The van der Waals surface area contributed by atoms with Crippen LogP contribution in [0.2, 0.25) is 0 Å². The lowest BCUT2D eigenvalue weighted by atomic mass is 10.1. The molecule has 6 nitrogen and oxygen atoms in total. The van der Waals surface area contributed by atoms with Crippen LogP contribution in [0.25, 0.3) is 11.4 Å². The first-order valence-electron chi connectivity index (χ1n) is 6.72. The molecule has 1 aliphatic rings. The number of benzene rings is 1. The Morgan fingerprint density at radius 2 is 2.00 bits per heavy atom. The third kappa shape index (κ3) is 2.10. The summed E-state index contributed by atoms with van der Waals surface area (Å²) in [5.41, 5.74) is 2.77. The Morgan fingerprint density at radius 3 is 2.73 bits per heavy atom. The van der Waals surface area contributed by atoms with Gasteiger partial charge in [0.25, 0.3) is 0 Å². The van der Waals surface area contributed by atoms with Gasteiger partial charge in [-0.25, -0.2) is 0 Å². The second-order valence-electron chi connectivity index (χ2n) is 4.89. The van der Waals surface area contributed by atoms with Crippen molar-refractivity contribution >= 4 is 17.5 Å². The van der Waals surface area contributed by atoms with E-state index in [1.54, 1.807) is 34.8 Å². The molecule has 0 aliphatic carbocycles. The topological polar surface area (TPSA) is 76.4 Å². The van der Waals surface area contributed by atoms with Gasteiger partial charge in [0, 0.05) is 5.75 Å². The smallest absolute Gasteiger partial charge is 0.212 e. The van der Waals surface area contributed by atoms with Gasteiger partial charge in [-0.2, -0.15) is 9.78 Å². The number of rotatable bonds is 2. The zero-order valence-corrected chi connectivity index (χ0v) is 12.5. The zero-order chi connectivity index (χ0) is 15.1. The fourth-order valence-electron chi connectivity index (χ4n) is 2.31. The number of phenolic OH excluding ortho intramolecular Hbond substituents is 1. The van der Waals surface area contributed by atoms with E-state index in [-0.39, 0.29) is 5.75 Å². The number of hydrogen-bond acceptors (Lipinski definition) is 6. The molecule has 0 saturated carbocycles. The number of aromatic nitrogens is 3. The van der Waals surface area contributed by atoms with Crippen LogP contribution in [0.5, 0.6) is 5.75 Å². The molecule has 0 saturated heterocycles. The van der Waals surface area contributed by atoms with Crippen molar-refractivity contribution < 1.29 is 9.52 Å². The van der Waals surface area contributed by atoms with Crippen molar-refractivity contribution in [3.05, 3.63) is 47.9 Å². The largest absolute Gasteiger partial charge is 0.508 e. The van der Waals surface area contributed by atoms with Crippen molar-refractivity contribution in [3.63, 3.8) is 0 Å². The Morgan fingerprint density at radius 1 is 1.18 bits per heavy atom. The number of fused-ring (bicyclic) bond motifs is 1. The Kier molecular flexibility index (Phi) is 3.00. The highest BCUT2D eigenvalue weighted by atomic mass is 32.2. The van der Waals surface area contributed by atoms with Gasteiger partial charge >= 0.3 is 0 Å². The minimum atomic E-state index is 0.243. The van der Waals surface area contributed by atoms with Crippen molar-refractivity contribution in [2.45, 2.75) is 12.1 Å². The maximum atomic E-state index is 9.40. The second kappa shape index (κ2) is 5.03. The molecule has 1 aliphatic heterocycles. The molecule has 110 valence electrons. The first kappa shape index (κ1) is 13.1. The Labute approximate surface area is 130 Å². The highest BCUT2D eigenvalue weighted by Gasteiger charge is 2.22. The lowest BCUT2D eigenvalue weighted by Crippen LogP contribution is -2.13. The van der Waals surface area contributed by atoms with E-state index in [0.717, 1.165) is 27.8 Å². The predicted octanol–water partition coefficient (Wildman–Crippen LogP) is 2.91. The number of aryl methyl sites for hydroxylation is 1. The highest BCUT2D eigenvalue weighted by molar-refractivity contribution is 7.99. The molecule has 7 heteroatoms. The first-order valence-corrected chi connectivity index (χ1v) is 7.71. The summed E-state index contributed by atoms with van der Waals surface area (Å²) in [4.78, 5) is 0. The van der Waals surface area contributed by atoms with Gasteiger partial charge in [-0.1, -0.05) is 11.8 Å². The summed E-state index contributed by atoms with van der Waals surface area (Å²) < 4.78 is 7.08. The Bertz CT molecular complexity index is 864. The van der Waals surface area contributed by atoms with E-state index in [9.17, 15) is 5.11 Å². The molecular formula is C15H12N4O2S. The number of furan rings is 1. The van der Waals surface area contributed by atoms with E-state index in [0.29, 0.717) is 11.6 Å². The molecule has 3 heterocycles. The predicted molar refractivity (Wildman–Crippen MR) is 83.2 cm³/mol. The summed E-state index contributed by atoms with van der Waals surface area (Å²) >= 11 is 1.59. The van der Waals surface area contributed by atoms with Gasteiger partial charge in [0.15, 0.2) is 5.82 Å². The van der Waals surface area contributed by atoms with E-state index in [1.807, 2.05) is 25.1 Å². The van der Waals surface area contributed by atoms with E-state index in [1.165, 1.54) is 0 Å². The minimum Gasteiger partial charge on any atom is -0.508 e. The number of thioether (sulfide) groups is 1. The third-order valence-electron chi connectivity index (χ3n) is 3.47. The fourth-order valence-corrected chi connectivity index (χ4v) is 3.15. The Balaban J connectivity index is 1.81. The Hall–Kier alpha value is -2.54. The summed E-state index contributed by atoms with van der Waals surface area (Å²) in [6.45, 7) is 1.89. The number of phenols is 1. The average molecular weight is 312 g/mol. The van der Waals surface area contributed by atoms with Crippen molar-refractivity contribution in [1.29, 1.82) is 0 Å². The van der Waals surface area contributed by atoms with Crippen molar-refractivity contribution in [2.24, 2.45) is 5.10 Å². The minimum absolute atomic E-state index is 0.243. The van der Waals surface area contributed by atoms with Crippen LogP contribution < -0.4 is 0 Å². The zero-order valence-electron chi connectivity index (χ0n) is 11.7. The molecule has 0 spiro atoms. The summed E-state index contributed by atoms with van der Waals surface area (Å²) in [7, 11) is 0. The molecule has 0 fully saturated rings. The molecule has 22 heavy (non-hydrogen) atoms. The third-order valence-corrected chi connectivity index (χ3v) is 4.40. The van der Waals surface area contributed by atoms with E-state index in [4.69, 9.17) is 4.42 Å². The average Bonchev–Trinajstić information content (AvgIpc) is 3.13. The molecule has 1 aromatic carbocycles. The van der Waals surface area contributed by atoms with Crippen LogP contribution in [0.15, 0.2) is 51.3 Å². The molecule has 0 amide bonds. The summed E-state index contributed by atoms with van der Waals surface area (Å²) in [6, 6.07) is 8.89. The van der Waals surface area contributed by atoms with Gasteiger partial charge in [-0.15, -0.1) is 10.2 Å². The molecule has 3 aromatic rings.